The van der Waals surface area contributed by atoms with Crippen LogP contribution in [0.3, 0.4) is 0 Å². The van der Waals surface area contributed by atoms with E-state index in [-0.39, 0.29) is 0 Å². The first-order chi connectivity index (χ1) is 8.60. The fourth-order valence-electron chi connectivity index (χ4n) is 2.29. The fraction of sp³-hybridized carbons (Fsp3) is 0.600. The van der Waals surface area contributed by atoms with Crippen LogP contribution in [0, 0.1) is 5.92 Å². The van der Waals surface area contributed by atoms with Crippen LogP contribution in [0.1, 0.15) is 51.6 Å². The third-order valence-corrected chi connectivity index (χ3v) is 4.05. The maximum atomic E-state index is 6.38. The molecular weight excluding hydrogens is 310 g/mol. The molecule has 0 heterocycles. The average molecular weight is 333 g/mol. The summed E-state index contributed by atoms with van der Waals surface area (Å²) in [6.45, 7) is 7.76. The molecule has 0 bridgehead atoms. The smallest absolute Gasteiger partial charge is 0.0465 e. The van der Waals surface area contributed by atoms with Crippen molar-refractivity contribution in [2.45, 2.75) is 46.1 Å². The molecule has 0 aliphatic carbocycles. The average Bonchev–Trinajstić information content (AvgIpc) is 2.32. The highest BCUT2D eigenvalue weighted by Crippen LogP contribution is 2.32. The van der Waals surface area contributed by atoms with Crippen LogP contribution in [-0.4, -0.2) is 6.54 Å². The summed E-state index contributed by atoms with van der Waals surface area (Å²) in [6, 6.07) is 6.54. The minimum Gasteiger partial charge on any atom is -0.310 e. The van der Waals surface area contributed by atoms with Crippen LogP contribution < -0.4 is 5.32 Å². The van der Waals surface area contributed by atoms with Crippen LogP contribution in [-0.2, 0) is 0 Å². The summed E-state index contributed by atoms with van der Waals surface area (Å²) in [7, 11) is 0. The molecule has 1 aromatic carbocycles. The van der Waals surface area contributed by atoms with Crippen LogP contribution >= 0.6 is 27.5 Å². The number of halogens is 2. The van der Waals surface area contributed by atoms with Crippen LogP contribution in [0.4, 0.5) is 0 Å². The Balaban J connectivity index is 2.93. The maximum absolute atomic E-state index is 6.38. The van der Waals surface area contributed by atoms with Crippen molar-refractivity contribution < 1.29 is 0 Å². The Kier molecular flexibility index (Phi) is 7.28. The second-order valence-corrected chi connectivity index (χ2v) is 6.19. The highest BCUT2D eigenvalue weighted by Gasteiger charge is 2.20. The van der Waals surface area contributed by atoms with E-state index in [1.54, 1.807) is 0 Å². The summed E-state index contributed by atoms with van der Waals surface area (Å²) in [5, 5.41) is 4.48. The van der Waals surface area contributed by atoms with E-state index in [4.69, 9.17) is 11.6 Å². The van der Waals surface area contributed by atoms with Gasteiger partial charge in [-0.1, -0.05) is 60.8 Å². The zero-order valence-electron chi connectivity index (χ0n) is 11.5. The van der Waals surface area contributed by atoms with Gasteiger partial charge in [-0.05, 0) is 43.0 Å². The summed E-state index contributed by atoms with van der Waals surface area (Å²) in [6.07, 6.45) is 3.57. The Morgan fingerprint density at radius 3 is 2.56 bits per heavy atom. The van der Waals surface area contributed by atoms with E-state index in [0.29, 0.717) is 12.0 Å². The molecule has 1 N–H and O–H groups in total. The van der Waals surface area contributed by atoms with Crippen LogP contribution in [0.15, 0.2) is 22.7 Å². The molecule has 1 nitrogen and oxygen atoms in total. The molecule has 18 heavy (non-hydrogen) atoms. The molecule has 1 rings (SSSR count). The second-order valence-electron chi connectivity index (χ2n) is 4.86. The topological polar surface area (TPSA) is 12.0 Å². The Morgan fingerprint density at radius 1 is 1.28 bits per heavy atom. The van der Waals surface area contributed by atoms with Crippen LogP contribution in [0.5, 0.6) is 0 Å². The largest absolute Gasteiger partial charge is 0.310 e. The molecule has 0 fully saturated rings. The molecule has 0 spiro atoms. The van der Waals surface area contributed by atoms with Crippen molar-refractivity contribution in [3.8, 4) is 0 Å². The Bertz CT molecular complexity index is 368. The molecule has 0 aliphatic heterocycles. The van der Waals surface area contributed by atoms with Gasteiger partial charge in [-0.2, -0.15) is 0 Å². The van der Waals surface area contributed by atoms with Gasteiger partial charge >= 0.3 is 0 Å². The van der Waals surface area contributed by atoms with Gasteiger partial charge in [0.1, 0.15) is 0 Å². The number of nitrogens with one attached hydrogen (secondary N) is 1. The minimum atomic E-state index is 0.352. The lowest BCUT2D eigenvalue weighted by Gasteiger charge is -2.26. The van der Waals surface area contributed by atoms with Crippen molar-refractivity contribution in [2.24, 2.45) is 5.92 Å². The van der Waals surface area contributed by atoms with Gasteiger partial charge < -0.3 is 5.32 Å². The fourth-order valence-corrected chi connectivity index (χ4v) is 3.08. The Hall–Kier alpha value is -0.0500. The molecule has 0 aliphatic rings. The Morgan fingerprint density at radius 2 is 2.00 bits per heavy atom. The van der Waals surface area contributed by atoms with E-state index >= 15 is 0 Å². The van der Waals surface area contributed by atoms with E-state index < -0.39 is 0 Å². The lowest BCUT2D eigenvalue weighted by Crippen LogP contribution is -2.28. The quantitative estimate of drug-likeness (QED) is 0.687. The van der Waals surface area contributed by atoms with E-state index in [1.807, 2.05) is 6.07 Å². The minimum absolute atomic E-state index is 0.352. The zero-order valence-corrected chi connectivity index (χ0v) is 13.8. The molecule has 2 unspecified atom stereocenters. The molecule has 0 saturated carbocycles. The molecule has 0 aromatic heterocycles. The standard InChI is InChI=1S/C15H23BrClN/c1-4-6-11(3)15(18-9-5-2)13-8-7-12(16)10-14(13)17/h7-8,10-11,15,18H,4-6,9H2,1-3H3. The molecule has 3 heteroatoms. The SMILES string of the molecule is CCCNC(c1ccc(Br)cc1Cl)C(C)CCC. The predicted octanol–water partition coefficient (Wildman–Crippen LogP) is 5.58. The van der Waals surface area contributed by atoms with Crippen molar-refractivity contribution in [3.05, 3.63) is 33.3 Å². The van der Waals surface area contributed by atoms with Gasteiger partial charge in [-0.25, -0.2) is 0 Å². The summed E-state index contributed by atoms with van der Waals surface area (Å²) in [5.74, 6) is 0.597. The summed E-state index contributed by atoms with van der Waals surface area (Å²) in [4.78, 5) is 0. The van der Waals surface area contributed by atoms with E-state index in [1.165, 1.54) is 18.4 Å². The summed E-state index contributed by atoms with van der Waals surface area (Å²) in [5.41, 5.74) is 1.22. The van der Waals surface area contributed by atoms with Gasteiger partial charge in [0, 0.05) is 15.5 Å². The highest BCUT2D eigenvalue weighted by molar-refractivity contribution is 9.10. The van der Waals surface area contributed by atoms with Gasteiger partial charge in [-0.3, -0.25) is 0 Å². The van der Waals surface area contributed by atoms with Crippen molar-refractivity contribution in [2.75, 3.05) is 6.54 Å². The van der Waals surface area contributed by atoms with E-state index in [9.17, 15) is 0 Å². The van der Waals surface area contributed by atoms with E-state index in [0.717, 1.165) is 22.5 Å². The van der Waals surface area contributed by atoms with E-state index in [2.05, 4.69) is 54.2 Å². The Labute approximate surface area is 124 Å². The first kappa shape index (κ1) is 16.0. The number of hydrogen-bond acceptors (Lipinski definition) is 1. The van der Waals surface area contributed by atoms with Gasteiger partial charge in [0.25, 0.3) is 0 Å². The predicted molar refractivity (Wildman–Crippen MR) is 84.3 cm³/mol. The number of rotatable bonds is 7. The van der Waals surface area contributed by atoms with Gasteiger partial charge in [-0.15, -0.1) is 0 Å². The molecule has 1 aromatic rings. The summed E-state index contributed by atoms with van der Waals surface area (Å²) < 4.78 is 1.04. The number of hydrogen-bond donors (Lipinski definition) is 1. The van der Waals surface area contributed by atoms with Crippen molar-refractivity contribution in [1.82, 2.24) is 5.32 Å². The molecule has 0 amide bonds. The third-order valence-electron chi connectivity index (χ3n) is 3.22. The van der Waals surface area contributed by atoms with Crippen molar-refractivity contribution in [1.29, 1.82) is 0 Å². The number of benzene rings is 1. The van der Waals surface area contributed by atoms with Gasteiger partial charge in [0.15, 0.2) is 0 Å². The molecule has 102 valence electrons. The lowest BCUT2D eigenvalue weighted by atomic mass is 9.91. The molecule has 0 radical (unpaired) electrons. The first-order valence-electron chi connectivity index (χ1n) is 6.78. The molecule has 0 saturated heterocycles. The summed E-state index contributed by atoms with van der Waals surface area (Å²) >= 11 is 9.84. The zero-order chi connectivity index (χ0) is 13.5. The van der Waals surface area contributed by atoms with Crippen molar-refractivity contribution >= 4 is 27.5 Å². The lowest BCUT2D eigenvalue weighted by molar-refractivity contribution is 0.363. The monoisotopic (exact) mass is 331 g/mol. The second kappa shape index (κ2) is 8.19. The third kappa shape index (κ3) is 4.56. The first-order valence-corrected chi connectivity index (χ1v) is 7.95. The molecule has 2 atom stereocenters. The van der Waals surface area contributed by atoms with Gasteiger partial charge in [0.2, 0.25) is 0 Å². The maximum Gasteiger partial charge on any atom is 0.0465 e. The van der Waals surface area contributed by atoms with Crippen molar-refractivity contribution in [3.63, 3.8) is 0 Å². The van der Waals surface area contributed by atoms with Crippen LogP contribution in [0.25, 0.3) is 0 Å². The highest BCUT2D eigenvalue weighted by atomic mass is 79.9. The van der Waals surface area contributed by atoms with Gasteiger partial charge in [0.05, 0.1) is 0 Å². The van der Waals surface area contributed by atoms with Crippen LogP contribution in [0.2, 0.25) is 5.02 Å². The normalized spacial score (nSPS) is 14.5. The molecular formula is C15H23BrClN.